The number of rotatable bonds is 5. The zero-order valence-corrected chi connectivity index (χ0v) is 11.5. The van der Waals surface area contributed by atoms with Gasteiger partial charge in [-0.05, 0) is 34.0 Å². The molecule has 0 aliphatic carbocycles. The van der Waals surface area contributed by atoms with Gasteiger partial charge < -0.3 is 14.8 Å². The molecule has 1 aromatic rings. The monoisotopic (exact) mass is 251 g/mol. The summed E-state index contributed by atoms with van der Waals surface area (Å²) in [5, 5.41) is 0. The van der Waals surface area contributed by atoms with Crippen LogP contribution in [0.5, 0.6) is 0 Å². The third-order valence-electron chi connectivity index (χ3n) is 2.73. The molecule has 1 amide bonds. The topological polar surface area (TPSA) is 56.4 Å². The van der Waals surface area contributed by atoms with Gasteiger partial charge in [0.1, 0.15) is 5.56 Å². The second kappa shape index (κ2) is 6.35. The van der Waals surface area contributed by atoms with E-state index in [2.05, 4.69) is 9.88 Å². The number of aryl methyl sites for hydroxylation is 1. The summed E-state index contributed by atoms with van der Waals surface area (Å²) in [4.78, 5) is 30.3. The fourth-order valence-corrected chi connectivity index (χ4v) is 1.67. The lowest BCUT2D eigenvalue weighted by atomic mass is 10.2. The molecule has 0 aliphatic rings. The van der Waals surface area contributed by atoms with Crippen molar-refractivity contribution >= 4 is 5.91 Å². The zero-order chi connectivity index (χ0) is 13.7. The molecule has 100 valence electrons. The molecule has 0 fully saturated rings. The van der Waals surface area contributed by atoms with E-state index in [1.165, 1.54) is 12.3 Å². The smallest absolute Gasteiger partial charge is 0.259 e. The van der Waals surface area contributed by atoms with Gasteiger partial charge in [0.2, 0.25) is 0 Å². The van der Waals surface area contributed by atoms with Gasteiger partial charge in [0.15, 0.2) is 5.43 Å². The number of hydrogen-bond donors (Lipinski definition) is 1. The first-order chi connectivity index (χ1) is 8.41. The molecule has 0 bridgehead atoms. The van der Waals surface area contributed by atoms with Crippen LogP contribution in [0.25, 0.3) is 0 Å². The minimum Gasteiger partial charge on any atom is -0.364 e. The van der Waals surface area contributed by atoms with Gasteiger partial charge in [0.05, 0.1) is 0 Å². The molecule has 5 nitrogen and oxygen atoms in total. The Morgan fingerprint density at radius 2 is 1.94 bits per heavy atom. The van der Waals surface area contributed by atoms with Crippen LogP contribution in [0.2, 0.25) is 0 Å². The van der Waals surface area contributed by atoms with E-state index in [1.54, 1.807) is 18.9 Å². The maximum absolute atomic E-state index is 12.0. The van der Waals surface area contributed by atoms with Crippen molar-refractivity contribution in [1.29, 1.82) is 0 Å². The normalized spacial score (nSPS) is 10.7. The highest BCUT2D eigenvalue weighted by molar-refractivity contribution is 5.93. The summed E-state index contributed by atoms with van der Waals surface area (Å²) >= 11 is 0. The second-order valence-electron chi connectivity index (χ2n) is 4.78. The highest BCUT2D eigenvalue weighted by Crippen LogP contribution is 1.99. The van der Waals surface area contributed by atoms with E-state index in [0.717, 1.165) is 18.7 Å². The lowest BCUT2D eigenvalue weighted by molar-refractivity contribution is 0.0789. The Morgan fingerprint density at radius 1 is 1.28 bits per heavy atom. The van der Waals surface area contributed by atoms with E-state index >= 15 is 0 Å². The Labute approximate surface area is 107 Å². The van der Waals surface area contributed by atoms with Crippen LogP contribution in [0.15, 0.2) is 17.1 Å². The average molecular weight is 251 g/mol. The molecule has 1 aromatic heterocycles. The number of hydrogen-bond acceptors (Lipinski definition) is 3. The third kappa shape index (κ3) is 4.00. The minimum absolute atomic E-state index is 0.202. The maximum Gasteiger partial charge on any atom is 0.259 e. The molecule has 18 heavy (non-hydrogen) atoms. The highest BCUT2D eigenvalue weighted by atomic mass is 16.2. The van der Waals surface area contributed by atoms with Gasteiger partial charge in [-0.3, -0.25) is 9.59 Å². The molecule has 5 heteroatoms. The Hall–Kier alpha value is -1.62. The van der Waals surface area contributed by atoms with E-state index in [4.69, 9.17) is 0 Å². The Kier molecular flexibility index (Phi) is 5.09. The maximum atomic E-state index is 12.0. The predicted octanol–water partition coefficient (Wildman–Crippen LogP) is 0.707. The number of pyridine rings is 1. The number of carbonyl (C=O) groups is 1. The van der Waals surface area contributed by atoms with Crippen molar-refractivity contribution in [3.05, 3.63) is 33.7 Å². The van der Waals surface area contributed by atoms with Crippen LogP contribution < -0.4 is 5.43 Å². The van der Waals surface area contributed by atoms with Gasteiger partial charge in [0.25, 0.3) is 5.91 Å². The van der Waals surface area contributed by atoms with Crippen LogP contribution in [-0.4, -0.2) is 54.9 Å². The summed E-state index contributed by atoms with van der Waals surface area (Å²) < 4.78 is 0. The number of carbonyl (C=O) groups excluding carboxylic acids is 1. The largest absolute Gasteiger partial charge is 0.364 e. The summed E-state index contributed by atoms with van der Waals surface area (Å²) in [6, 6.07) is 1.45. The number of aromatic amines is 1. The van der Waals surface area contributed by atoms with E-state index in [1.807, 2.05) is 14.1 Å². The molecule has 0 saturated carbocycles. The number of nitrogens with one attached hydrogen (secondary N) is 1. The first kappa shape index (κ1) is 14.4. The van der Waals surface area contributed by atoms with Gasteiger partial charge in [-0.25, -0.2) is 0 Å². The van der Waals surface area contributed by atoms with Crippen LogP contribution in [0, 0.1) is 6.92 Å². The predicted molar refractivity (Wildman–Crippen MR) is 71.9 cm³/mol. The van der Waals surface area contributed by atoms with Crippen molar-refractivity contribution < 1.29 is 4.79 Å². The average Bonchev–Trinajstić information content (AvgIpc) is 2.27. The fourth-order valence-electron chi connectivity index (χ4n) is 1.67. The molecule has 0 unspecified atom stereocenters. The van der Waals surface area contributed by atoms with Gasteiger partial charge in [0, 0.05) is 31.5 Å². The van der Waals surface area contributed by atoms with Crippen molar-refractivity contribution in [2.24, 2.45) is 0 Å². The summed E-state index contributed by atoms with van der Waals surface area (Å²) in [6.45, 7) is 3.35. The van der Waals surface area contributed by atoms with Crippen molar-refractivity contribution in [3.8, 4) is 0 Å². The Balaban J connectivity index is 2.66. The first-order valence-corrected chi connectivity index (χ1v) is 6.01. The highest BCUT2D eigenvalue weighted by Gasteiger charge is 2.14. The van der Waals surface area contributed by atoms with Gasteiger partial charge in [-0.1, -0.05) is 0 Å². The molecule has 0 saturated heterocycles. The Morgan fingerprint density at radius 3 is 2.50 bits per heavy atom. The molecule has 1 rings (SSSR count). The Bertz CT molecular complexity index is 466. The summed E-state index contributed by atoms with van der Waals surface area (Å²) in [5.74, 6) is -0.227. The van der Waals surface area contributed by atoms with Crippen molar-refractivity contribution in [2.45, 2.75) is 13.3 Å². The number of H-pyrrole nitrogens is 1. The molecule has 0 radical (unpaired) electrons. The molecule has 1 heterocycles. The van der Waals surface area contributed by atoms with Crippen LogP contribution in [-0.2, 0) is 0 Å². The molecule has 0 atom stereocenters. The van der Waals surface area contributed by atoms with Crippen LogP contribution in [0.4, 0.5) is 0 Å². The third-order valence-corrected chi connectivity index (χ3v) is 2.73. The number of nitrogens with zero attached hydrogens (tertiary/aromatic N) is 2. The minimum atomic E-state index is -0.227. The quantitative estimate of drug-likeness (QED) is 0.838. The summed E-state index contributed by atoms with van der Waals surface area (Å²) in [6.07, 6.45) is 2.38. The molecular weight excluding hydrogens is 230 g/mol. The molecular formula is C13H21N3O2. The molecule has 0 aromatic carbocycles. The van der Waals surface area contributed by atoms with E-state index < -0.39 is 0 Å². The van der Waals surface area contributed by atoms with Crippen LogP contribution >= 0.6 is 0 Å². The van der Waals surface area contributed by atoms with Crippen LogP contribution in [0.1, 0.15) is 22.5 Å². The van der Waals surface area contributed by atoms with E-state index in [-0.39, 0.29) is 16.9 Å². The first-order valence-electron chi connectivity index (χ1n) is 6.01. The number of amides is 1. The van der Waals surface area contributed by atoms with Gasteiger partial charge >= 0.3 is 0 Å². The van der Waals surface area contributed by atoms with Crippen LogP contribution in [0.3, 0.4) is 0 Å². The molecule has 0 aliphatic heterocycles. The zero-order valence-electron chi connectivity index (χ0n) is 11.5. The van der Waals surface area contributed by atoms with Gasteiger partial charge in [-0.2, -0.15) is 0 Å². The lowest BCUT2D eigenvalue weighted by Crippen LogP contribution is -2.33. The van der Waals surface area contributed by atoms with E-state index in [0.29, 0.717) is 6.54 Å². The fraction of sp³-hybridized carbons (Fsp3) is 0.538. The van der Waals surface area contributed by atoms with Crippen molar-refractivity contribution in [1.82, 2.24) is 14.8 Å². The SMILES string of the molecule is Cc1cc(=O)c(C(=O)N(C)CCCN(C)C)c[nH]1. The molecule has 1 N–H and O–H groups in total. The van der Waals surface area contributed by atoms with Crippen molar-refractivity contribution in [2.75, 3.05) is 34.2 Å². The summed E-state index contributed by atoms with van der Waals surface area (Å²) in [5.41, 5.74) is 0.732. The lowest BCUT2D eigenvalue weighted by Gasteiger charge is -2.18. The summed E-state index contributed by atoms with van der Waals surface area (Å²) in [7, 11) is 5.70. The standard InChI is InChI=1S/C13H21N3O2/c1-10-8-12(17)11(9-14-10)13(18)16(4)7-5-6-15(2)3/h8-9H,5-7H2,1-4H3,(H,14,17). The van der Waals surface area contributed by atoms with Gasteiger partial charge in [-0.15, -0.1) is 0 Å². The van der Waals surface area contributed by atoms with E-state index in [9.17, 15) is 9.59 Å². The number of aromatic nitrogens is 1. The van der Waals surface area contributed by atoms with Crippen molar-refractivity contribution in [3.63, 3.8) is 0 Å². The second-order valence-corrected chi connectivity index (χ2v) is 4.78. The molecule has 0 spiro atoms.